The topological polar surface area (TPSA) is 12.0 Å². The Morgan fingerprint density at radius 1 is 1.39 bits per heavy atom. The summed E-state index contributed by atoms with van der Waals surface area (Å²) in [4.78, 5) is 0. The second-order valence-corrected chi connectivity index (χ2v) is 4.21. The first-order valence-corrected chi connectivity index (χ1v) is 5.44. The molecule has 0 fully saturated rings. The van der Waals surface area contributed by atoms with Gasteiger partial charge in [0.05, 0.1) is 5.56 Å². The molecule has 100 valence electrons. The number of benzene rings is 1. The van der Waals surface area contributed by atoms with Crippen LogP contribution in [0.3, 0.4) is 0 Å². The van der Waals surface area contributed by atoms with Crippen LogP contribution in [-0.4, -0.2) is 7.05 Å². The number of hydrogen-bond acceptors (Lipinski definition) is 1. The fraction of sp³-hybridized carbons (Fsp3) is 0.385. The molecule has 1 nitrogen and oxygen atoms in total. The predicted octanol–water partition coefficient (Wildman–Crippen LogP) is 4.07. The fourth-order valence-electron chi connectivity index (χ4n) is 1.75. The van der Waals surface area contributed by atoms with E-state index in [4.69, 9.17) is 0 Å². The van der Waals surface area contributed by atoms with Crippen LogP contribution in [0.15, 0.2) is 30.4 Å². The Labute approximate surface area is 104 Å². The summed E-state index contributed by atoms with van der Waals surface area (Å²) in [5, 5.41) is 2.80. The van der Waals surface area contributed by atoms with Gasteiger partial charge >= 0.3 is 6.18 Å². The van der Waals surface area contributed by atoms with E-state index in [0.29, 0.717) is 6.42 Å². The zero-order valence-corrected chi connectivity index (χ0v) is 10.2. The summed E-state index contributed by atoms with van der Waals surface area (Å²) in [6, 6.07) is 2.80. The minimum absolute atomic E-state index is 0.00956. The van der Waals surface area contributed by atoms with Crippen LogP contribution in [0.4, 0.5) is 17.6 Å². The Hall–Kier alpha value is -1.36. The highest BCUT2D eigenvalue weighted by molar-refractivity contribution is 5.31. The van der Waals surface area contributed by atoms with Crippen LogP contribution in [0, 0.1) is 5.82 Å². The van der Waals surface area contributed by atoms with E-state index in [1.165, 1.54) is 12.1 Å². The van der Waals surface area contributed by atoms with Crippen LogP contribution in [0.5, 0.6) is 0 Å². The van der Waals surface area contributed by atoms with Crippen LogP contribution in [0.2, 0.25) is 0 Å². The molecule has 0 spiro atoms. The van der Waals surface area contributed by atoms with Gasteiger partial charge in [-0.25, -0.2) is 4.39 Å². The smallest absolute Gasteiger partial charge is 0.313 e. The SMILES string of the molecule is C=C(C)CC(NC)c1cccc(C(F)(F)F)c1F. The van der Waals surface area contributed by atoms with E-state index in [9.17, 15) is 17.6 Å². The summed E-state index contributed by atoms with van der Waals surface area (Å²) in [5.74, 6) is -1.22. The minimum atomic E-state index is -4.68. The minimum Gasteiger partial charge on any atom is -0.313 e. The lowest BCUT2D eigenvalue weighted by Gasteiger charge is -2.19. The van der Waals surface area contributed by atoms with Gasteiger partial charge in [0.1, 0.15) is 5.82 Å². The molecular weight excluding hydrogens is 246 g/mol. The molecule has 0 heterocycles. The summed E-state index contributed by atoms with van der Waals surface area (Å²) in [6.07, 6.45) is -4.30. The molecule has 0 saturated carbocycles. The van der Waals surface area contributed by atoms with E-state index in [0.717, 1.165) is 11.6 Å². The van der Waals surface area contributed by atoms with Crippen molar-refractivity contribution in [3.63, 3.8) is 0 Å². The summed E-state index contributed by atoms with van der Waals surface area (Å²) >= 11 is 0. The van der Waals surface area contributed by atoms with Crippen molar-refractivity contribution in [2.24, 2.45) is 0 Å². The Balaban J connectivity index is 3.20. The third kappa shape index (κ3) is 3.32. The molecule has 18 heavy (non-hydrogen) atoms. The molecule has 0 bridgehead atoms. The average molecular weight is 261 g/mol. The highest BCUT2D eigenvalue weighted by Gasteiger charge is 2.35. The van der Waals surface area contributed by atoms with Gasteiger partial charge in [0.2, 0.25) is 0 Å². The van der Waals surface area contributed by atoms with Gasteiger partial charge in [-0.05, 0) is 26.5 Å². The third-order valence-corrected chi connectivity index (χ3v) is 2.61. The molecule has 1 N–H and O–H groups in total. The van der Waals surface area contributed by atoms with Gasteiger partial charge in [-0.2, -0.15) is 13.2 Å². The maximum atomic E-state index is 13.9. The molecule has 0 radical (unpaired) electrons. The van der Waals surface area contributed by atoms with E-state index < -0.39 is 23.6 Å². The zero-order chi connectivity index (χ0) is 13.9. The van der Waals surface area contributed by atoms with Gasteiger partial charge in [-0.1, -0.05) is 17.7 Å². The number of nitrogens with one attached hydrogen (secondary N) is 1. The standard InChI is InChI=1S/C13H15F4N/c1-8(2)7-11(18-3)9-5-4-6-10(12(9)14)13(15,16)17/h4-6,11,18H,1,7H2,2-3H3. The van der Waals surface area contributed by atoms with Crippen molar-refractivity contribution in [3.05, 3.63) is 47.3 Å². The second-order valence-electron chi connectivity index (χ2n) is 4.21. The maximum Gasteiger partial charge on any atom is 0.419 e. The van der Waals surface area contributed by atoms with Crippen molar-refractivity contribution < 1.29 is 17.6 Å². The van der Waals surface area contributed by atoms with E-state index in [-0.39, 0.29) is 5.56 Å². The second kappa shape index (κ2) is 5.52. The molecule has 0 aromatic heterocycles. The summed E-state index contributed by atoms with van der Waals surface area (Å²) in [6.45, 7) is 5.43. The first-order valence-electron chi connectivity index (χ1n) is 5.44. The lowest BCUT2D eigenvalue weighted by atomic mass is 9.97. The number of hydrogen-bond donors (Lipinski definition) is 1. The highest BCUT2D eigenvalue weighted by Crippen LogP contribution is 2.34. The van der Waals surface area contributed by atoms with Crippen molar-refractivity contribution in [1.82, 2.24) is 5.32 Å². The Morgan fingerprint density at radius 2 is 2.00 bits per heavy atom. The van der Waals surface area contributed by atoms with Gasteiger partial charge in [-0.3, -0.25) is 0 Å². The molecule has 1 aromatic carbocycles. The van der Waals surface area contributed by atoms with E-state index in [1.807, 2.05) is 0 Å². The maximum absolute atomic E-state index is 13.9. The monoisotopic (exact) mass is 261 g/mol. The van der Waals surface area contributed by atoms with Gasteiger partial charge in [0.15, 0.2) is 0 Å². The number of rotatable bonds is 4. The molecule has 0 saturated heterocycles. The Bertz CT molecular complexity index is 437. The average Bonchev–Trinajstić information content (AvgIpc) is 2.24. The van der Waals surface area contributed by atoms with Crippen LogP contribution in [0.1, 0.15) is 30.5 Å². The number of alkyl halides is 3. The highest BCUT2D eigenvalue weighted by atomic mass is 19.4. The Kier molecular flexibility index (Phi) is 4.51. The predicted molar refractivity (Wildman–Crippen MR) is 62.6 cm³/mol. The largest absolute Gasteiger partial charge is 0.419 e. The molecule has 0 aliphatic rings. The van der Waals surface area contributed by atoms with Crippen LogP contribution in [0.25, 0.3) is 0 Å². The molecular formula is C13H15F4N. The van der Waals surface area contributed by atoms with E-state index >= 15 is 0 Å². The van der Waals surface area contributed by atoms with E-state index in [1.54, 1.807) is 14.0 Å². The van der Waals surface area contributed by atoms with Crippen molar-refractivity contribution in [2.45, 2.75) is 25.6 Å². The van der Waals surface area contributed by atoms with Gasteiger partial charge in [0, 0.05) is 11.6 Å². The van der Waals surface area contributed by atoms with Gasteiger partial charge in [-0.15, -0.1) is 6.58 Å². The van der Waals surface area contributed by atoms with Crippen molar-refractivity contribution in [1.29, 1.82) is 0 Å². The first kappa shape index (κ1) is 14.7. The molecule has 1 aromatic rings. The molecule has 1 unspecified atom stereocenters. The number of halogens is 4. The fourth-order valence-corrected chi connectivity index (χ4v) is 1.75. The molecule has 0 aliphatic heterocycles. The lowest BCUT2D eigenvalue weighted by molar-refractivity contribution is -0.140. The van der Waals surface area contributed by atoms with Crippen LogP contribution < -0.4 is 5.32 Å². The van der Waals surface area contributed by atoms with Gasteiger partial charge < -0.3 is 5.32 Å². The normalized spacial score (nSPS) is 13.4. The molecule has 1 rings (SSSR count). The molecule has 0 amide bonds. The van der Waals surface area contributed by atoms with Crippen molar-refractivity contribution in [3.8, 4) is 0 Å². The quantitative estimate of drug-likeness (QED) is 0.636. The van der Waals surface area contributed by atoms with E-state index in [2.05, 4.69) is 11.9 Å². The lowest BCUT2D eigenvalue weighted by Crippen LogP contribution is -2.20. The third-order valence-electron chi connectivity index (χ3n) is 2.61. The van der Waals surface area contributed by atoms with Crippen LogP contribution >= 0.6 is 0 Å². The summed E-state index contributed by atoms with van der Waals surface area (Å²) < 4.78 is 51.6. The summed E-state index contributed by atoms with van der Waals surface area (Å²) in [5.41, 5.74) is -0.455. The zero-order valence-electron chi connectivity index (χ0n) is 10.2. The van der Waals surface area contributed by atoms with Crippen molar-refractivity contribution >= 4 is 0 Å². The molecule has 1 atom stereocenters. The molecule has 0 aliphatic carbocycles. The van der Waals surface area contributed by atoms with Crippen LogP contribution in [-0.2, 0) is 6.18 Å². The first-order chi connectivity index (χ1) is 8.27. The Morgan fingerprint density at radius 3 is 2.44 bits per heavy atom. The van der Waals surface area contributed by atoms with Gasteiger partial charge in [0.25, 0.3) is 0 Å². The molecule has 5 heteroatoms. The van der Waals surface area contributed by atoms with Crippen molar-refractivity contribution in [2.75, 3.05) is 7.05 Å². The summed E-state index contributed by atoms with van der Waals surface area (Å²) in [7, 11) is 1.58.